The van der Waals surface area contributed by atoms with Gasteiger partial charge < -0.3 is 14.2 Å². The Hall–Kier alpha value is -1.53. The molecule has 1 saturated heterocycles. The van der Waals surface area contributed by atoms with E-state index in [1.54, 1.807) is 18.6 Å². The van der Waals surface area contributed by atoms with E-state index in [2.05, 4.69) is 9.97 Å². The molecule has 2 heterocycles. The molecule has 1 aliphatic carbocycles. The summed E-state index contributed by atoms with van der Waals surface area (Å²) in [4.78, 5) is 21.0. The van der Waals surface area contributed by atoms with Gasteiger partial charge in [0, 0.05) is 31.4 Å². The van der Waals surface area contributed by atoms with Crippen molar-refractivity contribution in [3.8, 4) is 0 Å². The standard InChI is InChI=1S/C15H20N2O4/c1-2-19-13(18)14(12-11-16-7-8-17-12)3-5-15(6-4-14)20-9-10-21-15/h7-8,11H,2-6,9-10H2,1H3. The van der Waals surface area contributed by atoms with Gasteiger partial charge in [0.15, 0.2) is 5.79 Å². The predicted molar refractivity (Wildman–Crippen MR) is 73.4 cm³/mol. The first kappa shape index (κ1) is 14.4. The average molecular weight is 292 g/mol. The lowest BCUT2D eigenvalue weighted by Gasteiger charge is -2.41. The lowest BCUT2D eigenvalue weighted by Crippen LogP contribution is -2.47. The van der Waals surface area contributed by atoms with Crippen molar-refractivity contribution >= 4 is 5.97 Å². The van der Waals surface area contributed by atoms with Crippen LogP contribution in [-0.4, -0.2) is 41.5 Å². The van der Waals surface area contributed by atoms with E-state index in [1.165, 1.54) is 0 Å². The van der Waals surface area contributed by atoms with Crippen molar-refractivity contribution in [2.45, 2.75) is 43.8 Å². The zero-order chi connectivity index (χ0) is 14.8. The highest BCUT2D eigenvalue weighted by Crippen LogP contribution is 2.46. The van der Waals surface area contributed by atoms with Gasteiger partial charge in [-0.1, -0.05) is 0 Å². The van der Waals surface area contributed by atoms with E-state index in [0.29, 0.717) is 51.2 Å². The van der Waals surface area contributed by atoms with Crippen LogP contribution in [0.5, 0.6) is 0 Å². The van der Waals surface area contributed by atoms with Gasteiger partial charge in [0.05, 0.1) is 25.5 Å². The maximum Gasteiger partial charge on any atom is 0.318 e. The van der Waals surface area contributed by atoms with Gasteiger partial charge in [0.1, 0.15) is 5.41 Å². The first-order valence-electron chi connectivity index (χ1n) is 7.42. The van der Waals surface area contributed by atoms with E-state index in [0.717, 1.165) is 0 Å². The number of hydrogen-bond donors (Lipinski definition) is 0. The molecule has 0 N–H and O–H groups in total. The zero-order valence-electron chi connectivity index (χ0n) is 12.2. The third kappa shape index (κ3) is 2.53. The van der Waals surface area contributed by atoms with E-state index >= 15 is 0 Å². The fourth-order valence-corrected chi connectivity index (χ4v) is 3.22. The first-order valence-corrected chi connectivity index (χ1v) is 7.42. The Morgan fingerprint density at radius 1 is 1.24 bits per heavy atom. The Morgan fingerprint density at radius 3 is 2.52 bits per heavy atom. The van der Waals surface area contributed by atoms with Gasteiger partial charge in [-0.3, -0.25) is 14.8 Å². The van der Waals surface area contributed by atoms with Crippen LogP contribution < -0.4 is 0 Å². The second-order valence-corrected chi connectivity index (χ2v) is 5.50. The largest absolute Gasteiger partial charge is 0.465 e. The van der Waals surface area contributed by atoms with Crippen molar-refractivity contribution in [2.75, 3.05) is 19.8 Å². The number of aromatic nitrogens is 2. The van der Waals surface area contributed by atoms with Gasteiger partial charge in [-0.25, -0.2) is 0 Å². The molecule has 0 aromatic carbocycles. The van der Waals surface area contributed by atoms with Crippen LogP contribution in [0.4, 0.5) is 0 Å². The van der Waals surface area contributed by atoms with Gasteiger partial charge >= 0.3 is 5.97 Å². The maximum atomic E-state index is 12.6. The SMILES string of the molecule is CCOC(=O)C1(c2cnccn2)CCC2(CC1)OCCO2. The Kier molecular flexibility index (Phi) is 3.91. The molecule has 2 aliphatic rings. The lowest BCUT2D eigenvalue weighted by molar-refractivity contribution is -0.191. The van der Waals surface area contributed by atoms with Crippen molar-refractivity contribution in [1.29, 1.82) is 0 Å². The molecular weight excluding hydrogens is 272 g/mol. The Morgan fingerprint density at radius 2 is 1.95 bits per heavy atom. The third-order valence-electron chi connectivity index (χ3n) is 4.40. The fourth-order valence-electron chi connectivity index (χ4n) is 3.22. The summed E-state index contributed by atoms with van der Waals surface area (Å²) >= 11 is 0. The molecule has 0 atom stereocenters. The molecule has 0 bridgehead atoms. The molecule has 1 aromatic heterocycles. The van der Waals surface area contributed by atoms with Gasteiger partial charge in [0.2, 0.25) is 0 Å². The quantitative estimate of drug-likeness (QED) is 0.788. The predicted octanol–water partition coefficient (Wildman–Crippen LogP) is 1.59. The molecule has 114 valence electrons. The summed E-state index contributed by atoms with van der Waals surface area (Å²) in [6.45, 7) is 3.42. The second-order valence-electron chi connectivity index (χ2n) is 5.50. The Bertz CT molecular complexity index is 490. The zero-order valence-corrected chi connectivity index (χ0v) is 12.2. The van der Waals surface area contributed by atoms with Crippen LogP contribution >= 0.6 is 0 Å². The number of carbonyl (C=O) groups excluding carboxylic acids is 1. The summed E-state index contributed by atoms with van der Waals surface area (Å²) in [5.41, 5.74) is -0.0542. The maximum absolute atomic E-state index is 12.6. The van der Waals surface area contributed by atoms with E-state index in [4.69, 9.17) is 14.2 Å². The Labute approximate surface area is 123 Å². The van der Waals surface area contributed by atoms with Crippen molar-refractivity contribution in [2.24, 2.45) is 0 Å². The Balaban J connectivity index is 1.87. The number of carbonyl (C=O) groups is 1. The fraction of sp³-hybridized carbons (Fsp3) is 0.667. The molecule has 0 radical (unpaired) electrons. The molecule has 2 fully saturated rings. The molecule has 21 heavy (non-hydrogen) atoms. The number of hydrogen-bond acceptors (Lipinski definition) is 6. The summed E-state index contributed by atoms with van der Waals surface area (Å²) in [5, 5.41) is 0. The lowest BCUT2D eigenvalue weighted by atomic mass is 9.70. The molecule has 0 amide bonds. The summed E-state index contributed by atoms with van der Waals surface area (Å²) in [6.07, 6.45) is 7.42. The molecule has 6 nitrogen and oxygen atoms in total. The van der Waals surface area contributed by atoms with Crippen LogP contribution in [-0.2, 0) is 24.4 Å². The minimum Gasteiger partial charge on any atom is -0.465 e. The highest BCUT2D eigenvalue weighted by molar-refractivity contribution is 5.82. The van der Waals surface area contributed by atoms with Crippen LogP contribution in [0.25, 0.3) is 0 Å². The highest BCUT2D eigenvalue weighted by Gasteiger charge is 2.52. The summed E-state index contributed by atoms with van der Waals surface area (Å²) in [6, 6.07) is 0. The van der Waals surface area contributed by atoms with Gasteiger partial charge in [0.25, 0.3) is 0 Å². The van der Waals surface area contributed by atoms with Crippen LogP contribution in [0.2, 0.25) is 0 Å². The first-order chi connectivity index (χ1) is 10.2. The molecule has 1 spiro atoms. The van der Waals surface area contributed by atoms with E-state index < -0.39 is 11.2 Å². The van der Waals surface area contributed by atoms with E-state index in [9.17, 15) is 4.79 Å². The second kappa shape index (κ2) is 5.69. The number of esters is 1. The van der Waals surface area contributed by atoms with E-state index in [1.807, 2.05) is 6.92 Å². The van der Waals surface area contributed by atoms with Gasteiger partial charge in [-0.2, -0.15) is 0 Å². The molecule has 1 aliphatic heterocycles. The van der Waals surface area contributed by atoms with Crippen LogP contribution in [0.3, 0.4) is 0 Å². The monoisotopic (exact) mass is 292 g/mol. The van der Waals surface area contributed by atoms with Crippen LogP contribution in [0, 0.1) is 0 Å². The number of rotatable bonds is 3. The molecule has 1 saturated carbocycles. The molecule has 3 rings (SSSR count). The van der Waals surface area contributed by atoms with Gasteiger partial charge in [-0.15, -0.1) is 0 Å². The molecule has 0 unspecified atom stereocenters. The van der Waals surface area contributed by atoms with Crippen molar-refractivity contribution in [3.63, 3.8) is 0 Å². The average Bonchev–Trinajstić information content (AvgIpc) is 2.98. The van der Waals surface area contributed by atoms with Gasteiger partial charge in [-0.05, 0) is 19.8 Å². The summed E-state index contributed by atoms with van der Waals surface area (Å²) in [5.74, 6) is -0.739. The molecule has 6 heteroatoms. The number of nitrogens with zero attached hydrogens (tertiary/aromatic N) is 2. The summed E-state index contributed by atoms with van der Waals surface area (Å²) in [7, 11) is 0. The van der Waals surface area contributed by atoms with E-state index in [-0.39, 0.29) is 5.97 Å². The van der Waals surface area contributed by atoms with Crippen molar-refractivity contribution < 1.29 is 19.0 Å². The van der Waals surface area contributed by atoms with Crippen molar-refractivity contribution in [3.05, 3.63) is 24.3 Å². The smallest absolute Gasteiger partial charge is 0.318 e. The minimum atomic E-state index is -0.731. The van der Waals surface area contributed by atoms with Crippen LogP contribution in [0.15, 0.2) is 18.6 Å². The molecule has 1 aromatic rings. The third-order valence-corrected chi connectivity index (χ3v) is 4.40. The molecular formula is C15H20N2O4. The summed E-state index contributed by atoms with van der Waals surface area (Å²) < 4.78 is 16.8. The van der Waals surface area contributed by atoms with Crippen LogP contribution in [0.1, 0.15) is 38.3 Å². The topological polar surface area (TPSA) is 70.5 Å². The number of ether oxygens (including phenoxy) is 3. The highest BCUT2D eigenvalue weighted by atomic mass is 16.7. The minimum absolute atomic E-state index is 0.224. The normalized spacial score (nSPS) is 23.1. The van der Waals surface area contributed by atoms with Crippen molar-refractivity contribution in [1.82, 2.24) is 9.97 Å².